The maximum Gasteiger partial charge on any atom is 0.425 e. The van der Waals surface area contributed by atoms with Gasteiger partial charge in [0.2, 0.25) is 0 Å². The van der Waals surface area contributed by atoms with E-state index in [4.69, 9.17) is 9.47 Å². The van der Waals surface area contributed by atoms with Crippen LogP contribution in [0.5, 0.6) is 5.75 Å². The molecule has 0 bridgehead atoms. The molecule has 1 rings (SSSR count). The molecule has 0 aliphatic heterocycles. The SMILES string of the molecule is COCOc1ccc(NC(=O)NNC(=O)OC)cc1. The van der Waals surface area contributed by atoms with Crippen LogP contribution in [0.2, 0.25) is 0 Å². The molecule has 0 heterocycles. The van der Waals surface area contributed by atoms with E-state index in [9.17, 15) is 9.59 Å². The molecule has 104 valence electrons. The predicted octanol–water partition coefficient (Wildman–Crippen LogP) is 1.06. The topological polar surface area (TPSA) is 97.9 Å². The number of nitrogens with one attached hydrogen (secondary N) is 3. The number of carbonyl (C=O) groups excluding carboxylic acids is 2. The van der Waals surface area contributed by atoms with E-state index in [0.717, 1.165) is 0 Å². The summed E-state index contributed by atoms with van der Waals surface area (Å²) >= 11 is 0. The molecule has 0 radical (unpaired) electrons. The lowest BCUT2D eigenvalue weighted by Crippen LogP contribution is -2.43. The Kier molecular flexibility index (Phi) is 5.96. The smallest absolute Gasteiger partial charge is 0.425 e. The molecular weight excluding hydrogens is 254 g/mol. The second kappa shape index (κ2) is 7.77. The Morgan fingerprint density at radius 1 is 1.11 bits per heavy atom. The average molecular weight is 269 g/mol. The highest BCUT2D eigenvalue weighted by Gasteiger charge is 2.04. The Hall–Kier alpha value is -2.48. The lowest BCUT2D eigenvalue weighted by molar-refractivity contribution is 0.0511. The summed E-state index contributed by atoms with van der Waals surface area (Å²) in [7, 11) is 2.71. The zero-order valence-corrected chi connectivity index (χ0v) is 10.6. The number of hydrogen-bond donors (Lipinski definition) is 3. The quantitative estimate of drug-likeness (QED) is 0.561. The van der Waals surface area contributed by atoms with Gasteiger partial charge in [0.25, 0.3) is 0 Å². The van der Waals surface area contributed by atoms with Crippen LogP contribution < -0.4 is 20.9 Å². The van der Waals surface area contributed by atoms with Crippen molar-refractivity contribution in [3.05, 3.63) is 24.3 Å². The van der Waals surface area contributed by atoms with Crippen LogP contribution in [0.15, 0.2) is 24.3 Å². The minimum absolute atomic E-state index is 0.149. The van der Waals surface area contributed by atoms with Gasteiger partial charge in [0.15, 0.2) is 6.79 Å². The Morgan fingerprint density at radius 2 is 1.79 bits per heavy atom. The maximum atomic E-state index is 11.3. The van der Waals surface area contributed by atoms with Gasteiger partial charge in [-0.05, 0) is 24.3 Å². The third-order valence-electron chi connectivity index (χ3n) is 1.92. The summed E-state index contributed by atoms with van der Waals surface area (Å²) in [4.78, 5) is 22.1. The second-order valence-electron chi connectivity index (χ2n) is 3.27. The van der Waals surface area contributed by atoms with Gasteiger partial charge in [-0.25, -0.2) is 20.4 Å². The molecule has 0 aliphatic rings. The summed E-state index contributed by atoms with van der Waals surface area (Å²) in [6.45, 7) is 0.149. The van der Waals surface area contributed by atoms with Crippen molar-refractivity contribution in [2.75, 3.05) is 26.3 Å². The van der Waals surface area contributed by atoms with Gasteiger partial charge in [-0.15, -0.1) is 0 Å². The van der Waals surface area contributed by atoms with Crippen LogP contribution in [0, 0.1) is 0 Å². The Balaban J connectivity index is 2.40. The molecule has 0 atom stereocenters. The first-order valence-electron chi connectivity index (χ1n) is 5.28. The lowest BCUT2D eigenvalue weighted by Gasteiger charge is -2.09. The van der Waals surface area contributed by atoms with E-state index >= 15 is 0 Å². The highest BCUT2D eigenvalue weighted by atomic mass is 16.7. The van der Waals surface area contributed by atoms with Crippen molar-refractivity contribution in [2.45, 2.75) is 0 Å². The van der Waals surface area contributed by atoms with Crippen LogP contribution in [0.1, 0.15) is 0 Å². The van der Waals surface area contributed by atoms with Crippen molar-refractivity contribution >= 4 is 17.8 Å². The van der Waals surface area contributed by atoms with Gasteiger partial charge in [0, 0.05) is 12.8 Å². The number of carbonyl (C=O) groups is 2. The van der Waals surface area contributed by atoms with E-state index in [1.807, 2.05) is 5.43 Å². The van der Waals surface area contributed by atoms with Gasteiger partial charge in [-0.2, -0.15) is 0 Å². The fourth-order valence-corrected chi connectivity index (χ4v) is 1.08. The van der Waals surface area contributed by atoms with Crippen LogP contribution in [0.25, 0.3) is 0 Å². The summed E-state index contributed by atoms with van der Waals surface area (Å²) in [6.07, 6.45) is -0.765. The first-order chi connectivity index (χ1) is 9.15. The maximum absolute atomic E-state index is 11.3. The van der Waals surface area contributed by atoms with Crippen molar-refractivity contribution in [1.29, 1.82) is 0 Å². The highest BCUT2D eigenvalue weighted by molar-refractivity contribution is 5.90. The molecule has 1 aromatic carbocycles. The van der Waals surface area contributed by atoms with E-state index in [2.05, 4.69) is 15.5 Å². The molecule has 0 fully saturated rings. The minimum Gasteiger partial charge on any atom is -0.468 e. The number of rotatable bonds is 4. The van der Waals surface area contributed by atoms with E-state index < -0.39 is 12.1 Å². The second-order valence-corrected chi connectivity index (χ2v) is 3.27. The number of methoxy groups -OCH3 is 2. The molecule has 0 spiro atoms. The van der Waals surface area contributed by atoms with Crippen molar-refractivity contribution in [3.63, 3.8) is 0 Å². The van der Waals surface area contributed by atoms with Gasteiger partial charge in [0.05, 0.1) is 7.11 Å². The van der Waals surface area contributed by atoms with E-state index in [0.29, 0.717) is 11.4 Å². The van der Waals surface area contributed by atoms with Crippen molar-refractivity contribution in [2.24, 2.45) is 0 Å². The van der Waals surface area contributed by atoms with Crippen LogP contribution in [-0.2, 0) is 9.47 Å². The Morgan fingerprint density at radius 3 is 2.37 bits per heavy atom. The summed E-state index contributed by atoms with van der Waals surface area (Å²) in [5, 5.41) is 2.50. The molecular formula is C11H15N3O5. The van der Waals surface area contributed by atoms with Gasteiger partial charge >= 0.3 is 12.1 Å². The van der Waals surface area contributed by atoms with Gasteiger partial charge in [0.1, 0.15) is 5.75 Å². The lowest BCUT2D eigenvalue weighted by atomic mass is 10.3. The summed E-state index contributed by atoms with van der Waals surface area (Å²) in [5.74, 6) is 0.612. The van der Waals surface area contributed by atoms with Crippen LogP contribution in [0.3, 0.4) is 0 Å². The van der Waals surface area contributed by atoms with Crippen LogP contribution in [0.4, 0.5) is 15.3 Å². The van der Waals surface area contributed by atoms with Crippen molar-refractivity contribution in [3.8, 4) is 5.75 Å². The molecule has 3 amide bonds. The number of hydrazine groups is 1. The molecule has 0 saturated carbocycles. The zero-order valence-electron chi connectivity index (χ0n) is 10.6. The Bertz CT molecular complexity index is 421. The number of ether oxygens (including phenoxy) is 3. The third kappa shape index (κ3) is 5.59. The highest BCUT2D eigenvalue weighted by Crippen LogP contribution is 2.15. The molecule has 19 heavy (non-hydrogen) atoms. The first-order valence-corrected chi connectivity index (χ1v) is 5.28. The molecule has 1 aromatic rings. The minimum atomic E-state index is -0.765. The van der Waals surface area contributed by atoms with Crippen molar-refractivity contribution in [1.82, 2.24) is 10.9 Å². The summed E-state index contributed by atoms with van der Waals surface area (Å²) in [6, 6.07) is 6.02. The van der Waals surface area contributed by atoms with E-state index in [-0.39, 0.29) is 6.79 Å². The van der Waals surface area contributed by atoms with E-state index in [1.54, 1.807) is 24.3 Å². The first kappa shape index (κ1) is 14.6. The Labute approximate surface area is 110 Å². The fourth-order valence-electron chi connectivity index (χ4n) is 1.08. The number of hydrogen-bond acceptors (Lipinski definition) is 5. The molecule has 0 unspecified atom stereocenters. The standard InChI is InChI=1S/C11H15N3O5/c1-17-7-19-9-5-3-8(4-6-9)12-10(15)13-14-11(16)18-2/h3-6H,7H2,1-2H3,(H,14,16)(H2,12,13,15). The van der Waals surface area contributed by atoms with Gasteiger partial charge in [-0.3, -0.25) is 0 Å². The normalized spacial score (nSPS) is 9.37. The number of anilines is 1. The van der Waals surface area contributed by atoms with Crippen LogP contribution in [-0.4, -0.2) is 33.1 Å². The molecule has 3 N–H and O–H groups in total. The number of urea groups is 1. The van der Waals surface area contributed by atoms with Crippen molar-refractivity contribution < 1.29 is 23.8 Å². The molecule has 0 aromatic heterocycles. The predicted molar refractivity (Wildman–Crippen MR) is 66.6 cm³/mol. The largest absolute Gasteiger partial charge is 0.468 e. The zero-order chi connectivity index (χ0) is 14.1. The summed E-state index contributed by atoms with van der Waals surface area (Å²) < 4.78 is 14.2. The molecule has 0 saturated heterocycles. The fraction of sp³-hybridized carbons (Fsp3) is 0.273. The van der Waals surface area contributed by atoms with Gasteiger partial charge < -0.3 is 19.5 Å². The third-order valence-corrected chi connectivity index (χ3v) is 1.92. The van der Waals surface area contributed by atoms with Crippen LogP contribution >= 0.6 is 0 Å². The molecule has 8 heteroatoms. The molecule has 8 nitrogen and oxygen atoms in total. The number of benzene rings is 1. The monoisotopic (exact) mass is 269 g/mol. The number of amides is 3. The van der Waals surface area contributed by atoms with E-state index in [1.165, 1.54) is 14.2 Å². The molecule has 0 aliphatic carbocycles. The van der Waals surface area contributed by atoms with Gasteiger partial charge in [-0.1, -0.05) is 0 Å². The average Bonchev–Trinajstić information content (AvgIpc) is 2.44. The summed E-state index contributed by atoms with van der Waals surface area (Å²) in [5.41, 5.74) is 4.67.